The summed E-state index contributed by atoms with van der Waals surface area (Å²) in [7, 11) is 1.30. The van der Waals surface area contributed by atoms with Crippen LogP contribution in [0.3, 0.4) is 0 Å². The molecule has 0 unspecified atom stereocenters. The van der Waals surface area contributed by atoms with Crippen molar-refractivity contribution in [3.05, 3.63) is 58.7 Å². The first-order chi connectivity index (χ1) is 9.67. The van der Waals surface area contributed by atoms with Gasteiger partial charge in [0.15, 0.2) is 5.78 Å². The Morgan fingerprint density at radius 2 is 1.85 bits per heavy atom. The molecule has 2 aromatic carbocycles. The number of fused-ring (bicyclic) bond motifs is 3. The summed E-state index contributed by atoms with van der Waals surface area (Å²) in [6.07, 6.45) is 0. The lowest BCUT2D eigenvalue weighted by molar-refractivity contribution is 0.0600. The highest BCUT2D eigenvalue weighted by Gasteiger charge is 2.30. The van der Waals surface area contributed by atoms with Crippen molar-refractivity contribution in [2.45, 2.75) is 6.61 Å². The first kappa shape index (κ1) is 12.6. The molecule has 4 nitrogen and oxygen atoms in total. The SMILES string of the molecule is COC(=O)c1cc(CO)c2c(c1)-c1ccccc1C2=O. The van der Waals surface area contributed by atoms with Gasteiger partial charge in [-0.25, -0.2) is 4.79 Å². The van der Waals surface area contributed by atoms with Crippen LogP contribution in [0, 0.1) is 0 Å². The summed E-state index contributed by atoms with van der Waals surface area (Å²) >= 11 is 0. The second kappa shape index (κ2) is 4.58. The number of carbonyl (C=O) groups is 2. The van der Waals surface area contributed by atoms with E-state index in [0.29, 0.717) is 27.8 Å². The second-order valence-electron chi connectivity index (χ2n) is 4.58. The number of hydrogen-bond donors (Lipinski definition) is 1. The Bertz CT molecular complexity index is 731. The molecule has 0 saturated heterocycles. The zero-order valence-electron chi connectivity index (χ0n) is 10.8. The number of benzene rings is 2. The van der Waals surface area contributed by atoms with Crippen molar-refractivity contribution in [3.8, 4) is 11.1 Å². The Morgan fingerprint density at radius 3 is 2.50 bits per heavy atom. The molecule has 0 spiro atoms. The number of esters is 1. The molecule has 0 amide bonds. The fourth-order valence-electron chi connectivity index (χ4n) is 2.59. The average Bonchev–Trinajstić information content (AvgIpc) is 2.79. The van der Waals surface area contributed by atoms with Crippen LogP contribution in [0.25, 0.3) is 11.1 Å². The van der Waals surface area contributed by atoms with E-state index in [4.69, 9.17) is 4.74 Å². The molecule has 4 heteroatoms. The first-order valence-electron chi connectivity index (χ1n) is 6.17. The zero-order chi connectivity index (χ0) is 14.3. The molecule has 2 aromatic rings. The summed E-state index contributed by atoms with van der Waals surface area (Å²) in [5, 5.41) is 9.47. The maximum Gasteiger partial charge on any atom is 0.337 e. The minimum Gasteiger partial charge on any atom is -0.465 e. The molecule has 0 radical (unpaired) electrons. The average molecular weight is 268 g/mol. The summed E-state index contributed by atoms with van der Waals surface area (Å²) in [5.74, 6) is -0.601. The number of hydrogen-bond acceptors (Lipinski definition) is 4. The smallest absolute Gasteiger partial charge is 0.337 e. The summed E-state index contributed by atoms with van der Waals surface area (Å²) in [5.41, 5.74) is 3.31. The largest absolute Gasteiger partial charge is 0.465 e. The normalized spacial score (nSPS) is 12.0. The van der Waals surface area contributed by atoms with Crippen LogP contribution in [0.15, 0.2) is 36.4 Å². The van der Waals surface area contributed by atoms with Crippen molar-refractivity contribution in [3.63, 3.8) is 0 Å². The zero-order valence-corrected chi connectivity index (χ0v) is 10.8. The molecule has 0 bridgehead atoms. The number of carbonyl (C=O) groups excluding carboxylic acids is 2. The van der Waals surface area contributed by atoms with Crippen LogP contribution in [0.1, 0.15) is 31.8 Å². The Hall–Kier alpha value is -2.46. The van der Waals surface area contributed by atoms with Crippen LogP contribution in [0.4, 0.5) is 0 Å². The van der Waals surface area contributed by atoms with E-state index in [1.807, 2.05) is 12.1 Å². The summed E-state index contributed by atoms with van der Waals surface area (Å²) in [4.78, 5) is 24.1. The van der Waals surface area contributed by atoms with Crippen LogP contribution in [0.5, 0.6) is 0 Å². The van der Waals surface area contributed by atoms with Crippen molar-refractivity contribution in [2.24, 2.45) is 0 Å². The maximum absolute atomic E-state index is 12.4. The molecule has 100 valence electrons. The lowest BCUT2D eigenvalue weighted by Gasteiger charge is -2.08. The van der Waals surface area contributed by atoms with E-state index in [-0.39, 0.29) is 12.4 Å². The number of ether oxygens (including phenoxy) is 1. The lowest BCUT2D eigenvalue weighted by Crippen LogP contribution is -2.06. The van der Waals surface area contributed by atoms with Gasteiger partial charge in [-0.05, 0) is 28.8 Å². The number of ketones is 1. The van der Waals surface area contributed by atoms with E-state index < -0.39 is 5.97 Å². The maximum atomic E-state index is 12.4. The van der Waals surface area contributed by atoms with Gasteiger partial charge in [0.05, 0.1) is 19.3 Å². The van der Waals surface area contributed by atoms with Gasteiger partial charge in [-0.2, -0.15) is 0 Å². The van der Waals surface area contributed by atoms with Crippen molar-refractivity contribution >= 4 is 11.8 Å². The van der Waals surface area contributed by atoms with Gasteiger partial charge in [0.2, 0.25) is 0 Å². The van der Waals surface area contributed by atoms with E-state index in [9.17, 15) is 14.7 Å². The molecule has 0 saturated carbocycles. The van der Waals surface area contributed by atoms with Gasteiger partial charge >= 0.3 is 5.97 Å². The molecular weight excluding hydrogens is 256 g/mol. The topological polar surface area (TPSA) is 63.6 Å². The number of rotatable bonds is 2. The van der Waals surface area contributed by atoms with Gasteiger partial charge < -0.3 is 9.84 Å². The van der Waals surface area contributed by atoms with E-state index in [1.165, 1.54) is 13.2 Å². The predicted octanol–water partition coefficient (Wildman–Crippen LogP) is 2.18. The Kier molecular flexibility index (Phi) is 2.88. The molecule has 1 aliphatic rings. The van der Waals surface area contributed by atoms with Crippen molar-refractivity contribution in [1.29, 1.82) is 0 Å². The Labute approximate surface area is 115 Å². The first-order valence-corrected chi connectivity index (χ1v) is 6.17. The fraction of sp³-hybridized carbons (Fsp3) is 0.125. The quantitative estimate of drug-likeness (QED) is 0.723. The Balaban J connectivity index is 2.31. The highest BCUT2D eigenvalue weighted by Crippen LogP contribution is 2.39. The third kappa shape index (κ3) is 1.66. The molecule has 0 aromatic heterocycles. The number of methoxy groups -OCH3 is 1. The van der Waals surface area contributed by atoms with Gasteiger partial charge in [0, 0.05) is 11.1 Å². The third-order valence-electron chi connectivity index (χ3n) is 3.50. The summed E-state index contributed by atoms with van der Waals surface area (Å²) in [6.45, 7) is -0.299. The minimum atomic E-state index is -0.487. The molecule has 1 aliphatic carbocycles. The Morgan fingerprint density at radius 1 is 1.15 bits per heavy atom. The predicted molar refractivity (Wildman–Crippen MR) is 72.6 cm³/mol. The summed E-state index contributed by atoms with van der Waals surface area (Å²) < 4.78 is 4.70. The fourth-order valence-corrected chi connectivity index (χ4v) is 2.59. The van der Waals surface area contributed by atoms with E-state index in [2.05, 4.69) is 0 Å². The second-order valence-corrected chi connectivity index (χ2v) is 4.58. The van der Waals surface area contributed by atoms with Crippen molar-refractivity contribution in [2.75, 3.05) is 7.11 Å². The number of aliphatic hydroxyl groups is 1. The van der Waals surface area contributed by atoms with Gasteiger partial charge in [0.1, 0.15) is 0 Å². The molecule has 0 fully saturated rings. The number of aliphatic hydroxyl groups excluding tert-OH is 1. The summed E-state index contributed by atoms with van der Waals surface area (Å²) in [6, 6.07) is 10.4. The van der Waals surface area contributed by atoms with Crippen molar-refractivity contribution in [1.82, 2.24) is 0 Å². The van der Waals surface area contributed by atoms with E-state index >= 15 is 0 Å². The minimum absolute atomic E-state index is 0.115. The van der Waals surface area contributed by atoms with E-state index in [0.717, 1.165) is 5.56 Å². The monoisotopic (exact) mass is 268 g/mol. The van der Waals surface area contributed by atoms with Crippen LogP contribution >= 0.6 is 0 Å². The molecule has 0 heterocycles. The van der Waals surface area contributed by atoms with Gasteiger partial charge in [-0.1, -0.05) is 24.3 Å². The van der Waals surface area contributed by atoms with Crippen LogP contribution in [-0.4, -0.2) is 24.0 Å². The molecule has 20 heavy (non-hydrogen) atoms. The lowest BCUT2D eigenvalue weighted by atomic mass is 9.97. The third-order valence-corrected chi connectivity index (χ3v) is 3.50. The van der Waals surface area contributed by atoms with Gasteiger partial charge in [0.25, 0.3) is 0 Å². The highest BCUT2D eigenvalue weighted by molar-refractivity contribution is 6.23. The van der Waals surface area contributed by atoms with Crippen LogP contribution in [0.2, 0.25) is 0 Å². The standard InChI is InChI=1S/C16H12O4/c1-20-16(19)9-6-10(8-17)14-13(7-9)11-4-2-3-5-12(11)15(14)18/h2-7,17H,8H2,1H3. The van der Waals surface area contributed by atoms with Gasteiger partial charge in [-0.3, -0.25) is 4.79 Å². The van der Waals surface area contributed by atoms with Crippen molar-refractivity contribution < 1.29 is 19.4 Å². The molecular formula is C16H12O4. The molecule has 0 atom stereocenters. The van der Waals surface area contributed by atoms with E-state index in [1.54, 1.807) is 18.2 Å². The van der Waals surface area contributed by atoms with Gasteiger partial charge in [-0.15, -0.1) is 0 Å². The molecule has 3 rings (SSSR count). The molecule has 1 N–H and O–H groups in total. The van der Waals surface area contributed by atoms with Crippen LogP contribution in [-0.2, 0) is 11.3 Å². The highest BCUT2D eigenvalue weighted by atomic mass is 16.5. The molecule has 0 aliphatic heterocycles. The van der Waals surface area contributed by atoms with Crippen LogP contribution < -0.4 is 0 Å².